The Morgan fingerprint density at radius 2 is 1.91 bits per heavy atom. The van der Waals surface area contributed by atoms with Crippen LogP contribution in [0.3, 0.4) is 0 Å². The van der Waals surface area contributed by atoms with E-state index in [1.807, 2.05) is 24.3 Å². The molecule has 7 nitrogen and oxygen atoms in total. The number of nitrogens with one attached hydrogen (secondary N) is 2. The number of carbonyl (C=O) groups excluding carboxylic acids is 2. The van der Waals surface area contributed by atoms with E-state index in [0.717, 1.165) is 43.9 Å². The van der Waals surface area contributed by atoms with E-state index in [1.165, 1.54) is 18.2 Å². The third kappa shape index (κ3) is 7.32. The van der Waals surface area contributed by atoms with E-state index in [0.29, 0.717) is 19.2 Å². The Bertz CT molecular complexity index is 902. The van der Waals surface area contributed by atoms with Gasteiger partial charge in [0, 0.05) is 32.3 Å². The smallest absolute Gasteiger partial charge is 0.254 e. The van der Waals surface area contributed by atoms with Crippen LogP contribution in [-0.4, -0.2) is 62.7 Å². The second-order valence-electron chi connectivity index (χ2n) is 7.76. The molecule has 32 heavy (non-hydrogen) atoms. The lowest BCUT2D eigenvalue weighted by Crippen LogP contribution is -2.38. The molecule has 3 rings (SSSR count). The summed E-state index contributed by atoms with van der Waals surface area (Å²) in [4.78, 5) is 26.3. The fraction of sp³-hybridized carbons (Fsp3) is 0.417. The van der Waals surface area contributed by atoms with Crippen molar-refractivity contribution in [3.63, 3.8) is 0 Å². The maximum absolute atomic E-state index is 13.6. The molecule has 0 aliphatic carbocycles. The van der Waals surface area contributed by atoms with Gasteiger partial charge in [-0.15, -0.1) is 0 Å². The Kier molecular flexibility index (Phi) is 9.01. The largest absolute Gasteiger partial charge is 0.492 e. The lowest BCUT2D eigenvalue weighted by Gasteiger charge is -2.31. The van der Waals surface area contributed by atoms with Crippen LogP contribution in [0.4, 0.5) is 4.39 Å². The third-order valence-corrected chi connectivity index (χ3v) is 5.44. The van der Waals surface area contributed by atoms with E-state index in [-0.39, 0.29) is 18.0 Å². The van der Waals surface area contributed by atoms with Crippen molar-refractivity contribution >= 4 is 11.8 Å². The van der Waals surface area contributed by atoms with Crippen LogP contribution in [0.5, 0.6) is 5.75 Å². The van der Waals surface area contributed by atoms with Gasteiger partial charge in [-0.25, -0.2) is 4.39 Å². The van der Waals surface area contributed by atoms with E-state index < -0.39 is 11.7 Å². The highest BCUT2D eigenvalue weighted by molar-refractivity contribution is 5.96. The van der Waals surface area contributed by atoms with Gasteiger partial charge in [-0.3, -0.25) is 14.5 Å². The first-order valence-corrected chi connectivity index (χ1v) is 10.8. The van der Waals surface area contributed by atoms with Crippen LogP contribution in [0.25, 0.3) is 0 Å². The van der Waals surface area contributed by atoms with Crippen LogP contribution in [0.2, 0.25) is 0 Å². The second-order valence-corrected chi connectivity index (χ2v) is 7.76. The predicted molar refractivity (Wildman–Crippen MR) is 119 cm³/mol. The van der Waals surface area contributed by atoms with Gasteiger partial charge in [-0.2, -0.15) is 0 Å². The molecule has 0 unspecified atom stereocenters. The predicted octanol–water partition coefficient (Wildman–Crippen LogP) is 2.36. The SMILES string of the molecule is CN(CCOc1cccc(CNC(=O)CNC(=O)c2ccccc2F)c1)C1CCOCC1. The normalized spacial score (nSPS) is 14.2. The Labute approximate surface area is 187 Å². The molecule has 1 saturated heterocycles. The molecule has 1 heterocycles. The number of nitrogens with zero attached hydrogens (tertiary/aromatic N) is 1. The highest BCUT2D eigenvalue weighted by Gasteiger charge is 2.18. The summed E-state index contributed by atoms with van der Waals surface area (Å²) in [6.45, 7) is 3.10. The molecule has 0 bridgehead atoms. The summed E-state index contributed by atoms with van der Waals surface area (Å²) in [6, 6.07) is 13.7. The number of amides is 2. The maximum Gasteiger partial charge on any atom is 0.254 e. The molecule has 0 saturated carbocycles. The Balaban J connectivity index is 1.38. The van der Waals surface area contributed by atoms with Gasteiger partial charge in [0.05, 0.1) is 12.1 Å². The lowest BCUT2D eigenvalue weighted by atomic mass is 10.1. The average molecular weight is 444 g/mol. The number of rotatable bonds is 10. The Hall–Kier alpha value is -2.97. The third-order valence-electron chi connectivity index (χ3n) is 5.44. The molecule has 0 spiro atoms. The quantitative estimate of drug-likeness (QED) is 0.589. The van der Waals surface area contributed by atoms with Gasteiger partial charge in [0.25, 0.3) is 5.91 Å². The van der Waals surface area contributed by atoms with Crippen LogP contribution in [0.15, 0.2) is 48.5 Å². The van der Waals surface area contributed by atoms with Crippen molar-refractivity contribution in [2.45, 2.75) is 25.4 Å². The van der Waals surface area contributed by atoms with Gasteiger partial charge < -0.3 is 20.1 Å². The molecule has 1 fully saturated rings. The van der Waals surface area contributed by atoms with Crippen molar-refractivity contribution in [1.29, 1.82) is 0 Å². The molecule has 0 radical (unpaired) electrons. The summed E-state index contributed by atoms with van der Waals surface area (Å²) < 4.78 is 24.9. The molecule has 0 aromatic heterocycles. The molecule has 2 aromatic carbocycles. The molecule has 172 valence electrons. The zero-order valence-corrected chi connectivity index (χ0v) is 18.3. The minimum atomic E-state index is -0.626. The summed E-state index contributed by atoms with van der Waals surface area (Å²) in [5, 5.41) is 5.17. The molecule has 1 aliphatic heterocycles. The van der Waals surface area contributed by atoms with Crippen molar-refractivity contribution in [3.8, 4) is 5.75 Å². The van der Waals surface area contributed by atoms with Gasteiger partial charge in [0.1, 0.15) is 18.2 Å². The number of ether oxygens (including phenoxy) is 2. The van der Waals surface area contributed by atoms with Crippen LogP contribution in [0, 0.1) is 5.82 Å². The summed E-state index contributed by atoms with van der Waals surface area (Å²) in [7, 11) is 2.11. The molecule has 2 N–H and O–H groups in total. The molecule has 8 heteroatoms. The molecule has 2 aromatic rings. The van der Waals surface area contributed by atoms with Crippen LogP contribution in [0.1, 0.15) is 28.8 Å². The molecular formula is C24H30FN3O4. The highest BCUT2D eigenvalue weighted by atomic mass is 19.1. The van der Waals surface area contributed by atoms with Gasteiger partial charge in [-0.05, 0) is 49.7 Å². The number of likely N-dealkylation sites (N-methyl/N-ethyl adjacent to an activating group) is 1. The van der Waals surface area contributed by atoms with Gasteiger partial charge in [0.2, 0.25) is 5.91 Å². The Morgan fingerprint density at radius 3 is 2.69 bits per heavy atom. The molecule has 0 atom stereocenters. The summed E-state index contributed by atoms with van der Waals surface area (Å²) in [5.74, 6) is -0.871. The zero-order valence-electron chi connectivity index (χ0n) is 18.3. The number of hydrogen-bond acceptors (Lipinski definition) is 5. The van der Waals surface area contributed by atoms with E-state index >= 15 is 0 Å². The topological polar surface area (TPSA) is 79.9 Å². The molecule has 1 aliphatic rings. The lowest BCUT2D eigenvalue weighted by molar-refractivity contribution is -0.120. The summed E-state index contributed by atoms with van der Waals surface area (Å²) in [6.07, 6.45) is 2.10. The number of carbonyl (C=O) groups is 2. The first-order valence-electron chi connectivity index (χ1n) is 10.8. The fourth-order valence-corrected chi connectivity index (χ4v) is 3.53. The fourth-order valence-electron chi connectivity index (χ4n) is 3.53. The summed E-state index contributed by atoms with van der Waals surface area (Å²) >= 11 is 0. The molecule has 2 amide bonds. The number of benzene rings is 2. The average Bonchev–Trinajstić information content (AvgIpc) is 2.82. The van der Waals surface area contributed by atoms with Crippen molar-refractivity contribution in [2.75, 3.05) is 40.0 Å². The van der Waals surface area contributed by atoms with E-state index in [9.17, 15) is 14.0 Å². The first-order chi connectivity index (χ1) is 15.5. The van der Waals surface area contributed by atoms with Crippen LogP contribution >= 0.6 is 0 Å². The van der Waals surface area contributed by atoms with E-state index in [1.54, 1.807) is 6.07 Å². The molecular weight excluding hydrogens is 413 g/mol. The standard InChI is InChI=1S/C24H30FN3O4/c1-28(19-9-12-31-13-10-19)11-14-32-20-6-4-5-18(15-20)16-26-23(29)17-27-24(30)21-7-2-3-8-22(21)25/h2-8,15,19H,9-14,16-17H2,1H3,(H,26,29)(H,27,30). The minimum Gasteiger partial charge on any atom is -0.492 e. The van der Waals surface area contributed by atoms with Crippen molar-refractivity contribution in [2.24, 2.45) is 0 Å². The van der Waals surface area contributed by atoms with Crippen molar-refractivity contribution < 1.29 is 23.5 Å². The Morgan fingerprint density at radius 1 is 1.12 bits per heavy atom. The zero-order chi connectivity index (χ0) is 22.8. The van der Waals surface area contributed by atoms with Gasteiger partial charge in [0.15, 0.2) is 0 Å². The van der Waals surface area contributed by atoms with E-state index in [2.05, 4.69) is 22.6 Å². The van der Waals surface area contributed by atoms with Crippen LogP contribution < -0.4 is 15.4 Å². The first kappa shape index (κ1) is 23.7. The van der Waals surface area contributed by atoms with Crippen LogP contribution in [-0.2, 0) is 16.1 Å². The summed E-state index contributed by atoms with van der Waals surface area (Å²) in [5.41, 5.74) is 0.793. The minimum absolute atomic E-state index is 0.0902. The van der Waals surface area contributed by atoms with Gasteiger partial charge >= 0.3 is 0 Å². The van der Waals surface area contributed by atoms with Gasteiger partial charge in [-0.1, -0.05) is 24.3 Å². The maximum atomic E-state index is 13.6. The van der Waals surface area contributed by atoms with Crippen molar-refractivity contribution in [3.05, 3.63) is 65.5 Å². The van der Waals surface area contributed by atoms with E-state index in [4.69, 9.17) is 9.47 Å². The van der Waals surface area contributed by atoms with Crippen molar-refractivity contribution in [1.82, 2.24) is 15.5 Å². The monoisotopic (exact) mass is 443 g/mol. The number of halogens is 1. The highest BCUT2D eigenvalue weighted by Crippen LogP contribution is 2.15. The number of hydrogen-bond donors (Lipinski definition) is 2. The second kappa shape index (κ2) is 12.2.